The zero-order chi connectivity index (χ0) is 13.1. The van der Waals surface area contributed by atoms with E-state index < -0.39 is 0 Å². The monoisotopic (exact) mass is 263 g/mol. The summed E-state index contributed by atoms with van der Waals surface area (Å²) in [6, 6.07) is 7.47. The van der Waals surface area contributed by atoms with Crippen molar-refractivity contribution in [3.8, 4) is 11.3 Å². The first-order valence-corrected chi connectivity index (χ1v) is 6.12. The number of benzene rings is 1. The lowest BCUT2D eigenvalue weighted by atomic mass is 10.1. The minimum atomic E-state index is -0.300. The molecule has 0 unspecified atom stereocenters. The third-order valence-electron chi connectivity index (χ3n) is 2.77. The number of rotatable bonds is 3. The summed E-state index contributed by atoms with van der Waals surface area (Å²) < 4.78 is 5.00. The van der Waals surface area contributed by atoms with Crippen LogP contribution < -0.4 is 0 Å². The molecule has 0 aliphatic heterocycles. The molecule has 4 heteroatoms. The molecule has 0 bridgehead atoms. The summed E-state index contributed by atoms with van der Waals surface area (Å²) >= 11 is 5.85. The highest BCUT2D eigenvalue weighted by molar-refractivity contribution is 6.30. The Labute approximate surface area is 111 Å². The molecule has 2 rings (SSSR count). The minimum absolute atomic E-state index is 0.300. The number of nitrogens with one attached hydrogen (secondary N) is 1. The van der Waals surface area contributed by atoms with E-state index in [1.807, 2.05) is 31.2 Å². The van der Waals surface area contributed by atoms with Gasteiger partial charge in [-0.2, -0.15) is 0 Å². The van der Waals surface area contributed by atoms with Crippen LogP contribution in [0, 0.1) is 6.92 Å². The first kappa shape index (κ1) is 12.7. The molecular weight excluding hydrogens is 250 g/mol. The van der Waals surface area contributed by atoms with Crippen molar-refractivity contribution in [3.63, 3.8) is 0 Å². The van der Waals surface area contributed by atoms with Gasteiger partial charge >= 0.3 is 5.97 Å². The van der Waals surface area contributed by atoms with Gasteiger partial charge in [0.1, 0.15) is 0 Å². The van der Waals surface area contributed by atoms with Crippen molar-refractivity contribution < 1.29 is 9.53 Å². The molecule has 3 nitrogen and oxygen atoms in total. The highest BCUT2D eigenvalue weighted by atomic mass is 35.5. The minimum Gasteiger partial charge on any atom is -0.462 e. The van der Waals surface area contributed by atoms with Gasteiger partial charge < -0.3 is 9.72 Å². The standard InChI is InChI=1S/C14H14ClNO2/c1-3-18-14(17)12-8-16-13(9(12)2)10-4-6-11(15)7-5-10/h4-8,16H,3H2,1-2H3. The molecule has 94 valence electrons. The fraction of sp³-hybridized carbons (Fsp3) is 0.214. The SMILES string of the molecule is CCOC(=O)c1c[nH]c(-c2ccc(Cl)cc2)c1C. The summed E-state index contributed by atoms with van der Waals surface area (Å²) in [5, 5.41) is 0.688. The van der Waals surface area contributed by atoms with Crippen molar-refractivity contribution in [2.24, 2.45) is 0 Å². The zero-order valence-electron chi connectivity index (χ0n) is 10.3. The van der Waals surface area contributed by atoms with Gasteiger partial charge in [0.05, 0.1) is 12.2 Å². The molecule has 0 saturated carbocycles. The maximum atomic E-state index is 11.7. The maximum Gasteiger partial charge on any atom is 0.339 e. The lowest BCUT2D eigenvalue weighted by Crippen LogP contribution is -2.04. The molecule has 18 heavy (non-hydrogen) atoms. The average molecular weight is 264 g/mol. The molecule has 0 aliphatic rings. The highest BCUT2D eigenvalue weighted by Gasteiger charge is 2.15. The van der Waals surface area contributed by atoms with Gasteiger partial charge in [-0.1, -0.05) is 23.7 Å². The number of H-pyrrole nitrogens is 1. The number of hydrogen-bond acceptors (Lipinski definition) is 2. The van der Waals surface area contributed by atoms with Crippen LogP contribution in [0.15, 0.2) is 30.5 Å². The molecule has 0 saturated heterocycles. The topological polar surface area (TPSA) is 42.1 Å². The van der Waals surface area contributed by atoms with Gasteiger partial charge in [0.25, 0.3) is 0 Å². The van der Waals surface area contributed by atoms with Crippen LogP contribution in [0.1, 0.15) is 22.8 Å². The van der Waals surface area contributed by atoms with E-state index in [4.69, 9.17) is 16.3 Å². The third kappa shape index (κ3) is 2.41. The smallest absolute Gasteiger partial charge is 0.339 e. The van der Waals surface area contributed by atoms with Crippen LogP contribution in [-0.2, 0) is 4.74 Å². The lowest BCUT2D eigenvalue weighted by molar-refractivity contribution is 0.0526. The third-order valence-corrected chi connectivity index (χ3v) is 3.02. The van der Waals surface area contributed by atoms with E-state index >= 15 is 0 Å². The van der Waals surface area contributed by atoms with Crippen LogP contribution in [0.5, 0.6) is 0 Å². The second-order valence-corrected chi connectivity index (χ2v) is 4.37. The molecule has 1 aromatic heterocycles. The molecule has 1 aromatic carbocycles. The Hall–Kier alpha value is -1.74. The summed E-state index contributed by atoms with van der Waals surface area (Å²) in [5.41, 5.74) is 3.36. The molecule has 2 aromatic rings. The Morgan fingerprint density at radius 3 is 2.61 bits per heavy atom. The molecule has 1 N–H and O–H groups in total. The first-order chi connectivity index (χ1) is 8.63. The van der Waals surface area contributed by atoms with E-state index in [0.717, 1.165) is 16.8 Å². The number of ether oxygens (including phenoxy) is 1. The van der Waals surface area contributed by atoms with E-state index in [1.165, 1.54) is 0 Å². The van der Waals surface area contributed by atoms with Crippen LogP contribution in [0.3, 0.4) is 0 Å². The molecule has 1 heterocycles. The number of carbonyl (C=O) groups excluding carboxylic acids is 1. The van der Waals surface area contributed by atoms with Gasteiger partial charge in [0.2, 0.25) is 0 Å². The molecule has 0 radical (unpaired) electrons. The fourth-order valence-electron chi connectivity index (χ4n) is 1.83. The van der Waals surface area contributed by atoms with Gasteiger partial charge in [0.15, 0.2) is 0 Å². The first-order valence-electron chi connectivity index (χ1n) is 5.74. The van der Waals surface area contributed by atoms with Crippen molar-refractivity contribution in [2.45, 2.75) is 13.8 Å². The van der Waals surface area contributed by atoms with Crippen LogP contribution in [-0.4, -0.2) is 17.6 Å². The van der Waals surface area contributed by atoms with Crippen LogP contribution in [0.2, 0.25) is 5.02 Å². The Balaban J connectivity index is 2.36. The van der Waals surface area contributed by atoms with Crippen molar-refractivity contribution in [2.75, 3.05) is 6.61 Å². The van der Waals surface area contributed by atoms with Gasteiger partial charge in [-0.3, -0.25) is 0 Å². The van der Waals surface area contributed by atoms with Crippen molar-refractivity contribution in [1.82, 2.24) is 4.98 Å². The van der Waals surface area contributed by atoms with Gasteiger partial charge in [-0.05, 0) is 37.1 Å². The van der Waals surface area contributed by atoms with Gasteiger partial charge in [-0.15, -0.1) is 0 Å². The number of aromatic nitrogens is 1. The fourth-order valence-corrected chi connectivity index (χ4v) is 1.96. The van der Waals surface area contributed by atoms with E-state index in [9.17, 15) is 4.79 Å². The second-order valence-electron chi connectivity index (χ2n) is 3.93. The Morgan fingerprint density at radius 1 is 1.33 bits per heavy atom. The summed E-state index contributed by atoms with van der Waals surface area (Å²) in [7, 11) is 0. The molecule has 0 spiro atoms. The quantitative estimate of drug-likeness (QED) is 0.856. The van der Waals surface area contributed by atoms with Crippen LogP contribution >= 0.6 is 11.6 Å². The van der Waals surface area contributed by atoms with E-state index in [2.05, 4.69) is 4.98 Å². The molecule has 0 fully saturated rings. The van der Waals surface area contributed by atoms with Crippen LogP contribution in [0.25, 0.3) is 11.3 Å². The van der Waals surface area contributed by atoms with Crippen molar-refractivity contribution in [3.05, 3.63) is 46.6 Å². The van der Waals surface area contributed by atoms with E-state index in [-0.39, 0.29) is 5.97 Å². The Bertz CT molecular complexity index is 558. The summed E-state index contributed by atoms with van der Waals surface area (Å²) in [5.74, 6) is -0.300. The molecule has 0 amide bonds. The van der Waals surface area contributed by atoms with Crippen molar-refractivity contribution >= 4 is 17.6 Å². The number of carbonyl (C=O) groups is 1. The average Bonchev–Trinajstić information content (AvgIpc) is 2.73. The zero-order valence-corrected chi connectivity index (χ0v) is 11.0. The summed E-state index contributed by atoms with van der Waals surface area (Å²) in [6.07, 6.45) is 1.68. The number of esters is 1. The lowest BCUT2D eigenvalue weighted by Gasteiger charge is -2.03. The predicted octanol–water partition coefficient (Wildman–Crippen LogP) is 3.82. The Kier molecular flexibility index (Phi) is 3.72. The molecule has 0 atom stereocenters. The molecule has 0 aliphatic carbocycles. The summed E-state index contributed by atoms with van der Waals surface area (Å²) in [4.78, 5) is 14.8. The number of aromatic amines is 1. The van der Waals surface area contributed by atoms with Crippen molar-refractivity contribution in [1.29, 1.82) is 0 Å². The maximum absolute atomic E-state index is 11.7. The van der Waals surface area contributed by atoms with Crippen LogP contribution in [0.4, 0.5) is 0 Å². The highest BCUT2D eigenvalue weighted by Crippen LogP contribution is 2.26. The van der Waals surface area contributed by atoms with Gasteiger partial charge in [0, 0.05) is 16.9 Å². The molecular formula is C14H14ClNO2. The van der Waals surface area contributed by atoms with Gasteiger partial charge in [-0.25, -0.2) is 4.79 Å². The number of halogens is 1. The normalized spacial score (nSPS) is 10.4. The summed E-state index contributed by atoms with van der Waals surface area (Å²) in [6.45, 7) is 4.06. The largest absolute Gasteiger partial charge is 0.462 e. The Morgan fingerprint density at radius 2 is 2.00 bits per heavy atom. The predicted molar refractivity (Wildman–Crippen MR) is 71.9 cm³/mol. The van der Waals surface area contributed by atoms with E-state index in [1.54, 1.807) is 13.1 Å². The number of hydrogen-bond donors (Lipinski definition) is 1. The van der Waals surface area contributed by atoms with E-state index in [0.29, 0.717) is 17.2 Å². The second kappa shape index (κ2) is 5.27.